The van der Waals surface area contributed by atoms with Gasteiger partial charge in [0.1, 0.15) is 0 Å². The van der Waals surface area contributed by atoms with Gasteiger partial charge in [-0.3, -0.25) is 0 Å². The van der Waals surface area contributed by atoms with E-state index in [9.17, 15) is 8.42 Å². The Hall–Kier alpha value is -0.580. The van der Waals surface area contributed by atoms with Crippen molar-refractivity contribution in [3.63, 3.8) is 0 Å². The van der Waals surface area contributed by atoms with Gasteiger partial charge >= 0.3 is 0 Å². The maximum Gasteiger partial charge on any atom is 0.243 e. The first-order valence-corrected chi connectivity index (χ1v) is 9.70. The topological polar surface area (TPSA) is 37.4 Å². The average Bonchev–Trinajstić information content (AvgIpc) is 2.74. The van der Waals surface area contributed by atoms with Crippen molar-refractivity contribution in [3.05, 3.63) is 29.8 Å². The van der Waals surface area contributed by atoms with E-state index in [-0.39, 0.29) is 0 Å². The Kier molecular flexibility index (Phi) is 6.08. The average molecular weight is 330 g/mol. The highest BCUT2D eigenvalue weighted by Gasteiger charge is 2.26. The van der Waals surface area contributed by atoms with Crippen LogP contribution in [0.5, 0.6) is 0 Å². The first-order valence-electron chi connectivity index (χ1n) is 7.73. The van der Waals surface area contributed by atoms with Crippen molar-refractivity contribution >= 4 is 21.6 Å². The molecule has 1 unspecified atom stereocenters. The molecule has 5 heteroatoms. The quantitative estimate of drug-likeness (QED) is 0.773. The molecule has 1 aromatic carbocycles. The molecule has 118 valence electrons. The molecule has 1 aromatic rings. The minimum Gasteiger partial charge on any atom is -0.207 e. The molecule has 1 heterocycles. The van der Waals surface area contributed by atoms with Crippen molar-refractivity contribution < 1.29 is 8.42 Å². The van der Waals surface area contributed by atoms with Crippen LogP contribution in [0.15, 0.2) is 29.2 Å². The summed E-state index contributed by atoms with van der Waals surface area (Å²) in [6.45, 7) is 3.47. The minimum absolute atomic E-state index is 0.399. The predicted molar refractivity (Wildman–Crippen MR) is 87.3 cm³/mol. The van der Waals surface area contributed by atoms with Crippen LogP contribution in [0, 0.1) is 5.92 Å². The molecule has 1 aliphatic rings. The lowest BCUT2D eigenvalue weighted by Crippen LogP contribution is -2.32. The molecular formula is C16H24ClNO2S. The van der Waals surface area contributed by atoms with E-state index in [1.54, 1.807) is 16.4 Å². The molecule has 1 saturated heterocycles. The van der Waals surface area contributed by atoms with Gasteiger partial charge in [0.25, 0.3) is 0 Å². The minimum atomic E-state index is -3.35. The standard InChI is InChI=1S/C16H24ClNO2S/c1-2-14-4-3-12-18(13-10-14)21(19,20)16-7-5-15(6-8-16)9-11-17/h5-8,14H,2-4,9-13H2,1H3. The van der Waals surface area contributed by atoms with E-state index in [0.29, 0.717) is 29.8 Å². The highest BCUT2D eigenvalue weighted by molar-refractivity contribution is 7.89. The molecule has 0 aromatic heterocycles. The highest BCUT2D eigenvalue weighted by Crippen LogP contribution is 2.25. The second-order valence-electron chi connectivity index (χ2n) is 5.69. The monoisotopic (exact) mass is 329 g/mol. The Morgan fingerprint density at radius 1 is 1.19 bits per heavy atom. The molecule has 0 saturated carbocycles. The zero-order valence-corrected chi connectivity index (χ0v) is 14.2. The van der Waals surface area contributed by atoms with Gasteiger partial charge < -0.3 is 0 Å². The van der Waals surface area contributed by atoms with Gasteiger partial charge in [0.15, 0.2) is 0 Å². The fourth-order valence-corrected chi connectivity index (χ4v) is 4.59. The fourth-order valence-electron chi connectivity index (χ4n) is 2.87. The Morgan fingerprint density at radius 3 is 2.52 bits per heavy atom. The zero-order chi connectivity index (χ0) is 15.3. The van der Waals surface area contributed by atoms with E-state index in [1.807, 2.05) is 12.1 Å². The van der Waals surface area contributed by atoms with Crippen LogP contribution in [-0.2, 0) is 16.4 Å². The Morgan fingerprint density at radius 2 is 1.90 bits per heavy atom. The van der Waals surface area contributed by atoms with Gasteiger partial charge in [-0.25, -0.2) is 8.42 Å². The van der Waals surface area contributed by atoms with E-state index in [2.05, 4.69) is 6.92 Å². The van der Waals surface area contributed by atoms with E-state index >= 15 is 0 Å². The number of halogens is 1. The molecular weight excluding hydrogens is 306 g/mol. The molecule has 0 amide bonds. The smallest absolute Gasteiger partial charge is 0.207 e. The van der Waals surface area contributed by atoms with Gasteiger partial charge in [0, 0.05) is 19.0 Å². The summed E-state index contributed by atoms with van der Waals surface area (Å²) >= 11 is 5.71. The van der Waals surface area contributed by atoms with Crippen LogP contribution in [0.25, 0.3) is 0 Å². The number of sulfonamides is 1. The van der Waals surface area contributed by atoms with Crippen molar-refractivity contribution in [2.75, 3.05) is 19.0 Å². The summed E-state index contributed by atoms with van der Waals surface area (Å²) in [5.41, 5.74) is 1.07. The van der Waals surface area contributed by atoms with E-state index in [1.165, 1.54) is 0 Å². The number of hydrogen-bond donors (Lipinski definition) is 0. The maximum absolute atomic E-state index is 12.7. The SMILES string of the molecule is CCC1CCCN(S(=O)(=O)c2ccc(CCCl)cc2)CC1. The number of aryl methyl sites for hydroxylation is 1. The van der Waals surface area contributed by atoms with Crippen LogP contribution < -0.4 is 0 Å². The molecule has 0 N–H and O–H groups in total. The lowest BCUT2D eigenvalue weighted by molar-refractivity contribution is 0.407. The fraction of sp³-hybridized carbons (Fsp3) is 0.625. The van der Waals surface area contributed by atoms with Gasteiger partial charge in [-0.1, -0.05) is 25.5 Å². The third-order valence-electron chi connectivity index (χ3n) is 4.33. The summed E-state index contributed by atoms with van der Waals surface area (Å²) in [6, 6.07) is 7.14. The van der Waals surface area contributed by atoms with E-state index in [4.69, 9.17) is 11.6 Å². The summed E-state index contributed by atoms with van der Waals surface area (Å²) in [5.74, 6) is 1.22. The number of alkyl halides is 1. The largest absolute Gasteiger partial charge is 0.243 e. The van der Waals surface area contributed by atoms with E-state index in [0.717, 1.165) is 37.7 Å². The normalized spacial score (nSPS) is 21.1. The summed E-state index contributed by atoms with van der Waals surface area (Å²) in [5, 5.41) is 0. The third-order valence-corrected chi connectivity index (χ3v) is 6.43. The van der Waals surface area contributed by atoms with E-state index < -0.39 is 10.0 Å². The lowest BCUT2D eigenvalue weighted by Gasteiger charge is -2.20. The first-order chi connectivity index (χ1) is 10.1. The molecule has 0 aliphatic carbocycles. The third kappa shape index (κ3) is 4.21. The number of benzene rings is 1. The molecule has 0 spiro atoms. The summed E-state index contributed by atoms with van der Waals surface area (Å²) in [4.78, 5) is 0.399. The van der Waals surface area contributed by atoms with Crippen LogP contribution in [0.3, 0.4) is 0 Å². The highest BCUT2D eigenvalue weighted by atomic mass is 35.5. The summed E-state index contributed by atoms with van der Waals surface area (Å²) in [6.07, 6.45) is 4.98. The maximum atomic E-state index is 12.7. The van der Waals surface area contributed by atoms with Gasteiger partial charge in [-0.2, -0.15) is 4.31 Å². The van der Waals surface area contributed by atoms with Gasteiger partial charge in [0.2, 0.25) is 10.0 Å². The zero-order valence-electron chi connectivity index (χ0n) is 12.6. The van der Waals surface area contributed by atoms with Crippen LogP contribution in [-0.4, -0.2) is 31.7 Å². The molecule has 2 rings (SSSR count). The number of nitrogens with zero attached hydrogens (tertiary/aromatic N) is 1. The van der Waals surface area contributed by atoms with Crippen LogP contribution >= 0.6 is 11.6 Å². The van der Waals surface area contributed by atoms with Gasteiger partial charge in [-0.15, -0.1) is 11.6 Å². The van der Waals surface area contributed by atoms with Gasteiger partial charge in [-0.05, 0) is 49.3 Å². The van der Waals surface area contributed by atoms with Crippen molar-refractivity contribution in [1.29, 1.82) is 0 Å². The molecule has 3 nitrogen and oxygen atoms in total. The van der Waals surface area contributed by atoms with Crippen molar-refractivity contribution in [3.8, 4) is 0 Å². The molecule has 1 atom stereocenters. The van der Waals surface area contributed by atoms with Crippen LogP contribution in [0.1, 0.15) is 38.2 Å². The molecule has 0 bridgehead atoms. The first kappa shape index (κ1) is 16.8. The van der Waals surface area contributed by atoms with Crippen molar-refractivity contribution in [1.82, 2.24) is 4.31 Å². The molecule has 0 radical (unpaired) electrons. The molecule has 1 aliphatic heterocycles. The second kappa shape index (κ2) is 7.61. The number of rotatable bonds is 5. The lowest BCUT2D eigenvalue weighted by atomic mass is 9.98. The van der Waals surface area contributed by atoms with Crippen molar-refractivity contribution in [2.24, 2.45) is 5.92 Å². The Labute approximate surface area is 133 Å². The predicted octanol–water partition coefficient (Wildman–Crippen LogP) is 3.67. The Bertz CT molecular complexity index is 542. The molecule has 21 heavy (non-hydrogen) atoms. The number of hydrogen-bond acceptors (Lipinski definition) is 2. The van der Waals surface area contributed by atoms with Crippen LogP contribution in [0.2, 0.25) is 0 Å². The Balaban J connectivity index is 2.13. The molecule has 1 fully saturated rings. The summed E-state index contributed by atoms with van der Waals surface area (Å²) < 4.78 is 27.1. The second-order valence-corrected chi connectivity index (χ2v) is 8.01. The van der Waals surface area contributed by atoms with Gasteiger partial charge in [0.05, 0.1) is 4.90 Å². The summed E-state index contributed by atoms with van der Waals surface area (Å²) in [7, 11) is -3.35. The van der Waals surface area contributed by atoms with Crippen LogP contribution in [0.4, 0.5) is 0 Å². The van der Waals surface area contributed by atoms with Crippen molar-refractivity contribution in [2.45, 2.75) is 43.9 Å².